The molecule has 1 rings (SSSR count). The van der Waals surface area contributed by atoms with Gasteiger partial charge in [-0.25, -0.2) is 0 Å². The molecular weight excluding hydrogens is 174 g/mol. The molecule has 0 atom stereocenters. The number of aliphatic hydroxyl groups is 1. The van der Waals surface area contributed by atoms with Gasteiger partial charge in [0.05, 0.1) is 6.61 Å². The lowest BCUT2D eigenvalue weighted by molar-refractivity contribution is 0.145. The lowest BCUT2D eigenvalue weighted by Gasteiger charge is -2.28. The molecule has 1 saturated carbocycles. The highest BCUT2D eigenvalue weighted by atomic mass is 16.3. The monoisotopic (exact) mass is 199 g/mol. The SMILES string of the molecule is CC(C)CCN(CCO)C1CCCC1. The van der Waals surface area contributed by atoms with Crippen molar-refractivity contribution in [2.45, 2.75) is 52.0 Å². The van der Waals surface area contributed by atoms with Crippen molar-refractivity contribution in [3.05, 3.63) is 0 Å². The first-order valence-electron chi connectivity index (χ1n) is 6.09. The fraction of sp³-hybridized carbons (Fsp3) is 1.00. The van der Waals surface area contributed by atoms with Gasteiger partial charge in [-0.3, -0.25) is 4.90 Å². The summed E-state index contributed by atoms with van der Waals surface area (Å²) in [6, 6.07) is 0.765. The second-order valence-electron chi connectivity index (χ2n) is 4.88. The van der Waals surface area contributed by atoms with E-state index in [1.807, 2.05) is 0 Å². The van der Waals surface area contributed by atoms with Crippen LogP contribution in [0.25, 0.3) is 0 Å². The van der Waals surface area contributed by atoms with Crippen LogP contribution in [0.3, 0.4) is 0 Å². The van der Waals surface area contributed by atoms with Crippen LogP contribution in [0.5, 0.6) is 0 Å². The fourth-order valence-corrected chi connectivity index (χ4v) is 2.30. The molecule has 0 heterocycles. The molecule has 1 aliphatic rings. The van der Waals surface area contributed by atoms with Gasteiger partial charge in [0.2, 0.25) is 0 Å². The van der Waals surface area contributed by atoms with E-state index in [4.69, 9.17) is 5.11 Å². The summed E-state index contributed by atoms with van der Waals surface area (Å²) in [5.74, 6) is 0.776. The first kappa shape index (κ1) is 12.0. The van der Waals surface area contributed by atoms with E-state index < -0.39 is 0 Å². The Hall–Kier alpha value is -0.0800. The number of hydrogen-bond donors (Lipinski definition) is 1. The van der Waals surface area contributed by atoms with Crippen molar-refractivity contribution in [1.29, 1.82) is 0 Å². The molecule has 0 unspecified atom stereocenters. The topological polar surface area (TPSA) is 23.5 Å². The molecule has 0 amide bonds. The third-order valence-corrected chi connectivity index (χ3v) is 3.22. The van der Waals surface area contributed by atoms with Gasteiger partial charge in [-0.15, -0.1) is 0 Å². The maximum atomic E-state index is 9.02. The standard InChI is InChI=1S/C12H25NO/c1-11(2)7-8-13(9-10-14)12-5-3-4-6-12/h11-12,14H,3-10H2,1-2H3. The molecule has 1 aliphatic carbocycles. The zero-order valence-electron chi connectivity index (χ0n) is 9.71. The molecule has 0 aromatic rings. The fourth-order valence-electron chi connectivity index (χ4n) is 2.30. The second kappa shape index (κ2) is 6.41. The molecule has 0 radical (unpaired) electrons. The Labute approximate surface area is 88.3 Å². The highest BCUT2D eigenvalue weighted by molar-refractivity contribution is 4.77. The summed E-state index contributed by atoms with van der Waals surface area (Å²) in [6.07, 6.45) is 6.72. The van der Waals surface area contributed by atoms with Gasteiger partial charge in [-0.05, 0) is 31.7 Å². The van der Waals surface area contributed by atoms with Gasteiger partial charge in [-0.1, -0.05) is 26.7 Å². The lowest BCUT2D eigenvalue weighted by Crippen LogP contribution is -2.36. The van der Waals surface area contributed by atoms with Gasteiger partial charge in [0.1, 0.15) is 0 Å². The van der Waals surface area contributed by atoms with Crippen molar-refractivity contribution >= 4 is 0 Å². The van der Waals surface area contributed by atoms with Crippen molar-refractivity contribution in [2.24, 2.45) is 5.92 Å². The van der Waals surface area contributed by atoms with Crippen LogP contribution in [0.4, 0.5) is 0 Å². The Bertz CT molecular complexity index is 141. The predicted molar refractivity (Wildman–Crippen MR) is 60.4 cm³/mol. The quantitative estimate of drug-likeness (QED) is 0.709. The second-order valence-corrected chi connectivity index (χ2v) is 4.88. The lowest BCUT2D eigenvalue weighted by atomic mass is 10.1. The molecule has 0 saturated heterocycles. The Kier molecular flexibility index (Phi) is 5.49. The average molecular weight is 199 g/mol. The van der Waals surface area contributed by atoms with Gasteiger partial charge in [0, 0.05) is 12.6 Å². The molecule has 0 spiro atoms. The maximum absolute atomic E-state index is 9.02. The molecule has 1 N–H and O–H groups in total. The van der Waals surface area contributed by atoms with Crippen LogP contribution >= 0.6 is 0 Å². The van der Waals surface area contributed by atoms with E-state index >= 15 is 0 Å². The summed E-state index contributed by atoms with van der Waals surface area (Å²) in [6.45, 7) is 6.90. The molecule has 0 aromatic carbocycles. The average Bonchev–Trinajstić information content (AvgIpc) is 2.64. The molecule has 0 aliphatic heterocycles. The summed E-state index contributed by atoms with van der Waals surface area (Å²) in [7, 11) is 0. The summed E-state index contributed by atoms with van der Waals surface area (Å²) < 4.78 is 0. The third-order valence-electron chi connectivity index (χ3n) is 3.22. The van der Waals surface area contributed by atoms with E-state index in [9.17, 15) is 0 Å². The summed E-state index contributed by atoms with van der Waals surface area (Å²) in [4.78, 5) is 2.49. The molecule has 0 aromatic heterocycles. The van der Waals surface area contributed by atoms with Gasteiger partial charge < -0.3 is 5.11 Å². The molecule has 1 fully saturated rings. The Morgan fingerprint density at radius 1 is 1.21 bits per heavy atom. The van der Waals surface area contributed by atoms with Crippen molar-refractivity contribution < 1.29 is 5.11 Å². The van der Waals surface area contributed by atoms with E-state index in [0.717, 1.165) is 18.5 Å². The van der Waals surface area contributed by atoms with Gasteiger partial charge in [0.25, 0.3) is 0 Å². The minimum atomic E-state index is 0.314. The Balaban J connectivity index is 2.29. The van der Waals surface area contributed by atoms with Gasteiger partial charge in [-0.2, -0.15) is 0 Å². The number of nitrogens with zero attached hydrogens (tertiary/aromatic N) is 1. The largest absolute Gasteiger partial charge is 0.395 e. The first-order chi connectivity index (χ1) is 6.74. The van der Waals surface area contributed by atoms with E-state index in [0.29, 0.717) is 6.61 Å². The number of aliphatic hydroxyl groups excluding tert-OH is 1. The van der Waals surface area contributed by atoms with Crippen molar-refractivity contribution in [3.63, 3.8) is 0 Å². The Morgan fingerprint density at radius 3 is 2.36 bits per heavy atom. The van der Waals surface area contributed by atoms with Crippen LogP contribution in [0.1, 0.15) is 46.0 Å². The van der Waals surface area contributed by atoms with Gasteiger partial charge in [0.15, 0.2) is 0 Å². The van der Waals surface area contributed by atoms with Gasteiger partial charge >= 0.3 is 0 Å². The number of hydrogen-bond acceptors (Lipinski definition) is 2. The van der Waals surface area contributed by atoms with E-state index in [1.165, 1.54) is 38.6 Å². The van der Waals surface area contributed by atoms with Crippen molar-refractivity contribution in [1.82, 2.24) is 4.90 Å². The molecular formula is C12H25NO. The molecule has 0 bridgehead atoms. The smallest absolute Gasteiger partial charge is 0.0558 e. The maximum Gasteiger partial charge on any atom is 0.0558 e. The minimum Gasteiger partial charge on any atom is -0.395 e. The minimum absolute atomic E-state index is 0.314. The summed E-state index contributed by atoms with van der Waals surface area (Å²) >= 11 is 0. The van der Waals surface area contributed by atoms with Crippen LogP contribution in [-0.4, -0.2) is 35.7 Å². The molecule has 14 heavy (non-hydrogen) atoms. The first-order valence-corrected chi connectivity index (χ1v) is 6.09. The van der Waals surface area contributed by atoms with Crippen molar-refractivity contribution in [3.8, 4) is 0 Å². The summed E-state index contributed by atoms with van der Waals surface area (Å²) in [5, 5.41) is 9.02. The van der Waals surface area contributed by atoms with E-state index in [2.05, 4.69) is 18.7 Å². The molecule has 2 heteroatoms. The van der Waals surface area contributed by atoms with Crippen LogP contribution in [0.15, 0.2) is 0 Å². The van der Waals surface area contributed by atoms with Crippen LogP contribution in [0, 0.1) is 5.92 Å². The van der Waals surface area contributed by atoms with E-state index in [1.54, 1.807) is 0 Å². The van der Waals surface area contributed by atoms with Crippen molar-refractivity contribution in [2.75, 3.05) is 19.7 Å². The highest BCUT2D eigenvalue weighted by Gasteiger charge is 2.21. The third kappa shape index (κ3) is 3.97. The zero-order valence-corrected chi connectivity index (χ0v) is 9.71. The zero-order chi connectivity index (χ0) is 10.4. The normalized spacial score (nSPS) is 18.6. The van der Waals surface area contributed by atoms with Crippen LogP contribution in [0.2, 0.25) is 0 Å². The van der Waals surface area contributed by atoms with E-state index in [-0.39, 0.29) is 0 Å². The van der Waals surface area contributed by atoms with Crippen LogP contribution in [-0.2, 0) is 0 Å². The summed E-state index contributed by atoms with van der Waals surface area (Å²) in [5.41, 5.74) is 0. The molecule has 2 nitrogen and oxygen atoms in total. The van der Waals surface area contributed by atoms with Crippen LogP contribution < -0.4 is 0 Å². The highest BCUT2D eigenvalue weighted by Crippen LogP contribution is 2.23. The number of rotatable bonds is 6. The Morgan fingerprint density at radius 2 is 1.86 bits per heavy atom. The molecule has 84 valence electrons. The predicted octanol–water partition coefficient (Wildman–Crippen LogP) is 2.27.